The fourth-order valence-electron chi connectivity index (χ4n) is 2.42. The van der Waals surface area contributed by atoms with Crippen LogP contribution in [0.3, 0.4) is 0 Å². The van der Waals surface area contributed by atoms with Crippen LogP contribution in [0.15, 0.2) is 6.33 Å². The molecule has 0 aliphatic carbocycles. The third-order valence-corrected chi connectivity index (χ3v) is 4.72. The summed E-state index contributed by atoms with van der Waals surface area (Å²) in [5.41, 5.74) is 1.01. The lowest BCUT2D eigenvalue weighted by Crippen LogP contribution is -2.44. The van der Waals surface area contributed by atoms with Gasteiger partial charge in [0.05, 0.1) is 5.39 Å². The average molecular weight is 273 g/mol. The van der Waals surface area contributed by atoms with Crippen LogP contribution in [-0.4, -0.2) is 48.1 Å². The Bertz CT molecular complexity index is 649. The van der Waals surface area contributed by atoms with E-state index in [-0.39, 0.29) is 0 Å². The van der Waals surface area contributed by atoms with Crippen LogP contribution in [0.5, 0.6) is 0 Å². The molecule has 1 aliphatic rings. The number of thiophene rings is 1. The van der Waals surface area contributed by atoms with Crippen LogP contribution in [0.2, 0.25) is 0 Å². The second kappa shape index (κ2) is 4.76. The van der Waals surface area contributed by atoms with Crippen LogP contribution < -0.4 is 4.90 Å². The van der Waals surface area contributed by atoms with Crippen molar-refractivity contribution in [2.75, 3.05) is 38.1 Å². The van der Waals surface area contributed by atoms with Gasteiger partial charge in [0.15, 0.2) is 0 Å². The molecule has 0 unspecified atom stereocenters. The number of aryl methyl sites for hydroxylation is 1. The molecule has 98 valence electrons. The molecule has 0 atom stereocenters. The summed E-state index contributed by atoms with van der Waals surface area (Å²) in [4.78, 5) is 15.0. The van der Waals surface area contributed by atoms with Gasteiger partial charge in [-0.15, -0.1) is 11.3 Å². The van der Waals surface area contributed by atoms with E-state index in [4.69, 9.17) is 5.26 Å². The Kier molecular flexibility index (Phi) is 3.09. The van der Waals surface area contributed by atoms with Gasteiger partial charge in [-0.25, -0.2) is 9.97 Å². The third-order valence-electron chi connectivity index (χ3n) is 3.61. The molecule has 1 fully saturated rings. The highest BCUT2D eigenvalue weighted by Crippen LogP contribution is 2.34. The van der Waals surface area contributed by atoms with Gasteiger partial charge in [-0.2, -0.15) is 5.26 Å². The van der Waals surface area contributed by atoms with Gasteiger partial charge >= 0.3 is 0 Å². The van der Waals surface area contributed by atoms with Crippen LogP contribution in [0, 0.1) is 18.3 Å². The molecule has 0 saturated carbocycles. The number of rotatable bonds is 1. The summed E-state index contributed by atoms with van der Waals surface area (Å²) in [5, 5.41) is 10.2. The zero-order chi connectivity index (χ0) is 13.4. The number of piperazine rings is 1. The lowest BCUT2D eigenvalue weighted by molar-refractivity contribution is 0.312. The fraction of sp³-hybridized carbons (Fsp3) is 0.462. The fourth-order valence-corrected chi connectivity index (χ4v) is 3.36. The Hall–Kier alpha value is -1.71. The van der Waals surface area contributed by atoms with Crippen molar-refractivity contribution in [3.05, 3.63) is 16.8 Å². The number of likely N-dealkylation sites (N-methyl/N-ethyl adjacent to an activating group) is 1. The zero-order valence-electron chi connectivity index (χ0n) is 11.1. The van der Waals surface area contributed by atoms with Gasteiger partial charge in [0.2, 0.25) is 0 Å². The van der Waals surface area contributed by atoms with Gasteiger partial charge in [-0.1, -0.05) is 0 Å². The Morgan fingerprint density at radius 3 is 2.68 bits per heavy atom. The first-order chi connectivity index (χ1) is 9.20. The van der Waals surface area contributed by atoms with E-state index in [0.29, 0.717) is 0 Å². The molecule has 0 N–H and O–H groups in total. The number of hydrogen-bond acceptors (Lipinski definition) is 6. The zero-order valence-corrected chi connectivity index (χ0v) is 11.9. The van der Waals surface area contributed by atoms with Crippen LogP contribution in [0.4, 0.5) is 5.82 Å². The van der Waals surface area contributed by atoms with Gasteiger partial charge in [0, 0.05) is 26.2 Å². The average Bonchev–Trinajstić information content (AvgIpc) is 2.76. The van der Waals surface area contributed by atoms with Crippen LogP contribution in [-0.2, 0) is 0 Å². The van der Waals surface area contributed by atoms with Gasteiger partial charge in [0.25, 0.3) is 0 Å². The Morgan fingerprint density at radius 2 is 2.00 bits per heavy atom. The molecular weight excluding hydrogens is 258 g/mol. The number of aromatic nitrogens is 2. The van der Waals surface area contributed by atoms with Crippen molar-refractivity contribution in [2.45, 2.75) is 6.92 Å². The van der Waals surface area contributed by atoms with Gasteiger partial charge in [-0.05, 0) is 19.5 Å². The first-order valence-corrected chi connectivity index (χ1v) is 7.10. The first kappa shape index (κ1) is 12.3. The Morgan fingerprint density at radius 1 is 1.26 bits per heavy atom. The maximum atomic E-state index is 9.15. The number of anilines is 1. The first-order valence-electron chi connectivity index (χ1n) is 6.28. The molecule has 0 bridgehead atoms. The minimum absolute atomic E-state index is 0.742. The summed E-state index contributed by atoms with van der Waals surface area (Å²) in [6, 6.07) is 2.25. The van der Waals surface area contributed by atoms with Crippen LogP contribution >= 0.6 is 11.3 Å². The molecule has 0 amide bonds. The van der Waals surface area contributed by atoms with Crippen molar-refractivity contribution < 1.29 is 0 Å². The minimum atomic E-state index is 0.742. The monoisotopic (exact) mass is 273 g/mol. The van der Waals surface area contributed by atoms with Crippen LogP contribution in [0.25, 0.3) is 10.2 Å². The third kappa shape index (κ3) is 2.05. The highest BCUT2D eigenvalue weighted by molar-refractivity contribution is 7.19. The SMILES string of the molecule is Cc1c(C#N)sc2ncnc(N3CCN(C)CC3)c12. The van der Waals surface area contributed by atoms with E-state index in [9.17, 15) is 0 Å². The van der Waals surface area contributed by atoms with E-state index in [1.807, 2.05) is 6.92 Å². The summed E-state index contributed by atoms with van der Waals surface area (Å²) < 4.78 is 0. The van der Waals surface area contributed by atoms with E-state index in [0.717, 1.165) is 52.7 Å². The number of nitriles is 1. The highest BCUT2D eigenvalue weighted by Gasteiger charge is 2.21. The summed E-state index contributed by atoms with van der Waals surface area (Å²) >= 11 is 1.45. The molecule has 1 saturated heterocycles. The topological polar surface area (TPSA) is 56.1 Å². The smallest absolute Gasteiger partial charge is 0.141 e. The summed E-state index contributed by atoms with van der Waals surface area (Å²) in [7, 11) is 2.14. The van der Waals surface area contributed by atoms with Crippen LogP contribution in [0.1, 0.15) is 10.4 Å². The Balaban J connectivity index is 2.09. The lowest BCUT2D eigenvalue weighted by Gasteiger charge is -2.33. The number of fused-ring (bicyclic) bond motifs is 1. The molecule has 6 heteroatoms. The lowest BCUT2D eigenvalue weighted by atomic mass is 10.2. The molecular formula is C13H15N5S. The minimum Gasteiger partial charge on any atom is -0.353 e. The predicted molar refractivity (Wildman–Crippen MR) is 76.6 cm³/mol. The van der Waals surface area contributed by atoms with Gasteiger partial charge in [-0.3, -0.25) is 0 Å². The summed E-state index contributed by atoms with van der Waals surface area (Å²) in [5.74, 6) is 0.980. The largest absolute Gasteiger partial charge is 0.353 e. The highest BCUT2D eigenvalue weighted by atomic mass is 32.1. The number of nitrogens with zero attached hydrogens (tertiary/aromatic N) is 5. The molecule has 2 aromatic rings. The maximum Gasteiger partial charge on any atom is 0.141 e. The molecule has 3 rings (SSSR count). The summed E-state index contributed by atoms with van der Waals surface area (Å²) in [6.45, 7) is 6.01. The van der Waals surface area contributed by atoms with Crippen molar-refractivity contribution in [3.8, 4) is 6.07 Å². The molecule has 3 heterocycles. The van der Waals surface area contributed by atoms with E-state index in [1.54, 1.807) is 6.33 Å². The Labute approximate surface area is 116 Å². The van der Waals surface area contributed by atoms with Gasteiger partial charge < -0.3 is 9.80 Å². The molecule has 0 aromatic carbocycles. The number of hydrogen-bond donors (Lipinski definition) is 0. The normalized spacial score (nSPS) is 16.8. The van der Waals surface area contributed by atoms with Gasteiger partial charge in [0.1, 0.15) is 27.9 Å². The van der Waals surface area contributed by atoms with Crippen molar-refractivity contribution in [2.24, 2.45) is 0 Å². The van der Waals surface area contributed by atoms with Crippen molar-refractivity contribution in [1.29, 1.82) is 5.26 Å². The molecule has 0 spiro atoms. The predicted octanol–water partition coefficient (Wildman–Crippen LogP) is 1.62. The van der Waals surface area contributed by atoms with E-state index >= 15 is 0 Å². The quantitative estimate of drug-likeness (QED) is 0.790. The van der Waals surface area contributed by atoms with E-state index in [2.05, 4.69) is 32.9 Å². The van der Waals surface area contributed by atoms with E-state index in [1.165, 1.54) is 11.3 Å². The van der Waals surface area contributed by atoms with Crippen molar-refractivity contribution in [3.63, 3.8) is 0 Å². The van der Waals surface area contributed by atoms with Crippen molar-refractivity contribution in [1.82, 2.24) is 14.9 Å². The molecule has 1 aliphatic heterocycles. The second-order valence-corrected chi connectivity index (χ2v) is 5.83. The summed E-state index contributed by atoms with van der Waals surface area (Å²) in [6.07, 6.45) is 1.60. The molecule has 5 nitrogen and oxygen atoms in total. The van der Waals surface area contributed by atoms with Crippen molar-refractivity contribution >= 4 is 27.4 Å². The second-order valence-electron chi connectivity index (χ2n) is 4.84. The molecule has 2 aromatic heterocycles. The molecule has 19 heavy (non-hydrogen) atoms. The maximum absolute atomic E-state index is 9.15. The standard InChI is InChI=1S/C13H15N5S/c1-9-10(7-14)19-13-11(9)12(15-8-16-13)18-5-3-17(2)4-6-18/h8H,3-6H2,1-2H3. The molecule has 0 radical (unpaired) electrons. The van der Waals surface area contributed by atoms with E-state index < -0.39 is 0 Å².